The van der Waals surface area contributed by atoms with Gasteiger partial charge in [0.25, 0.3) is 0 Å². The number of hydrogen-bond acceptors (Lipinski definition) is 3. The fraction of sp³-hybridized carbons (Fsp3) is 0.412. The highest BCUT2D eigenvalue weighted by Crippen LogP contribution is 2.36. The zero-order chi connectivity index (χ0) is 16.6. The van der Waals surface area contributed by atoms with Crippen LogP contribution in [0.15, 0.2) is 23.4 Å². The molecule has 3 rings (SSSR count). The van der Waals surface area contributed by atoms with Crippen molar-refractivity contribution in [1.29, 1.82) is 0 Å². The molecule has 2 aliphatic rings. The number of carbonyl (C=O) groups is 1. The van der Waals surface area contributed by atoms with Gasteiger partial charge in [0.2, 0.25) is 5.91 Å². The third kappa shape index (κ3) is 2.91. The summed E-state index contributed by atoms with van der Waals surface area (Å²) in [6.07, 6.45) is 4.52. The third-order valence-corrected chi connectivity index (χ3v) is 4.76. The second-order valence-electron chi connectivity index (χ2n) is 6.00. The van der Waals surface area contributed by atoms with Gasteiger partial charge in [0.15, 0.2) is 5.11 Å². The normalized spacial score (nSPS) is 20.4. The Morgan fingerprint density at radius 3 is 2.57 bits per heavy atom. The number of nitrogens with two attached hydrogens (primary N) is 1. The van der Waals surface area contributed by atoms with Crippen LogP contribution in [0.4, 0.5) is 0 Å². The molecule has 1 aliphatic heterocycles. The van der Waals surface area contributed by atoms with Gasteiger partial charge in [0.1, 0.15) is 5.75 Å². The molecule has 1 atom stereocenters. The molecule has 0 spiro atoms. The first-order chi connectivity index (χ1) is 11.0. The molecule has 23 heavy (non-hydrogen) atoms. The van der Waals surface area contributed by atoms with Crippen molar-refractivity contribution in [3.05, 3.63) is 40.1 Å². The molecule has 0 unspecified atom stereocenters. The molecule has 5 nitrogen and oxygen atoms in total. The molecule has 0 aromatic heterocycles. The van der Waals surface area contributed by atoms with E-state index in [9.17, 15) is 4.79 Å². The quantitative estimate of drug-likeness (QED) is 0.737. The standard InChI is InChI=1S/C17H21N3O2S/c1-9-14(16(18)21)15(20-17(23)19-9)12-7-10-5-3-4-6-11(10)8-13(12)22-2/h7-8,15H,3-6H2,1-2H3,(H2,18,21)(H2,19,20,23)/t15-/m0/s1. The van der Waals surface area contributed by atoms with Gasteiger partial charge in [-0.2, -0.15) is 0 Å². The van der Waals surface area contributed by atoms with Gasteiger partial charge in [-0.25, -0.2) is 0 Å². The number of aryl methyl sites for hydroxylation is 2. The van der Waals surface area contributed by atoms with Crippen LogP contribution in [0.25, 0.3) is 0 Å². The summed E-state index contributed by atoms with van der Waals surface area (Å²) >= 11 is 5.25. The van der Waals surface area contributed by atoms with Crippen LogP contribution in [0.3, 0.4) is 0 Å². The lowest BCUT2D eigenvalue weighted by Crippen LogP contribution is -2.46. The Morgan fingerprint density at radius 1 is 1.30 bits per heavy atom. The number of ether oxygens (including phenoxy) is 1. The highest BCUT2D eigenvalue weighted by atomic mass is 32.1. The molecule has 0 fully saturated rings. The first-order valence-corrected chi connectivity index (χ1v) is 8.20. The van der Waals surface area contributed by atoms with Gasteiger partial charge in [-0.15, -0.1) is 0 Å². The molecule has 122 valence electrons. The molecule has 0 radical (unpaired) electrons. The summed E-state index contributed by atoms with van der Waals surface area (Å²) in [4.78, 5) is 11.9. The van der Waals surface area contributed by atoms with Crippen LogP contribution < -0.4 is 21.1 Å². The molecule has 1 aliphatic carbocycles. The van der Waals surface area contributed by atoms with Gasteiger partial charge >= 0.3 is 0 Å². The second-order valence-corrected chi connectivity index (χ2v) is 6.41. The fourth-order valence-electron chi connectivity index (χ4n) is 3.44. The summed E-state index contributed by atoms with van der Waals surface area (Å²) in [6, 6.07) is 3.84. The average Bonchev–Trinajstić information content (AvgIpc) is 2.52. The number of hydrogen-bond donors (Lipinski definition) is 3. The van der Waals surface area contributed by atoms with E-state index < -0.39 is 5.91 Å². The van der Waals surface area contributed by atoms with Crippen LogP contribution in [0.2, 0.25) is 0 Å². The summed E-state index contributed by atoms with van der Waals surface area (Å²) in [5, 5.41) is 6.61. The van der Waals surface area contributed by atoms with Crippen molar-refractivity contribution in [2.24, 2.45) is 5.73 Å². The van der Waals surface area contributed by atoms with E-state index in [1.54, 1.807) is 7.11 Å². The molecular weight excluding hydrogens is 310 g/mol. The number of carbonyl (C=O) groups excluding carboxylic acids is 1. The van der Waals surface area contributed by atoms with E-state index in [2.05, 4.69) is 22.8 Å². The predicted octanol–water partition coefficient (Wildman–Crippen LogP) is 1.85. The minimum absolute atomic E-state index is 0.386. The summed E-state index contributed by atoms with van der Waals surface area (Å²) in [7, 11) is 1.65. The highest BCUT2D eigenvalue weighted by Gasteiger charge is 2.31. The van der Waals surface area contributed by atoms with Gasteiger partial charge in [-0.3, -0.25) is 4.79 Å². The van der Waals surface area contributed by atoms with Crippen LogP contribution >= 0.6 is 12.2 Å². The Morgan fingerprint density at radius 2 is 1.96 bits per heavy atom. The maximum Gasteiger partial charge on any atom is 0.248 e. The molecule has 1 amide bonds. The SMILES string of the molecule is COc1cc2c(cc1[C@@H]1NC(=S)NC(C)=C1C(N)=O)CCCC2. The molecule has 1 aromatic carbocycles. The van der Waals surface area contributed by atoms with Crippen LogP contribution in [0, 0.1) is 0 Å². The van der Waals surface area contributed by atoms with Crippen molar-refractivity contribution < 1.29 is 9.53 Å². The Bertz CT molecular complexity index is 712. The van der Waals surface area contributed by atoms with Crippen LogP contribution in [-0.2, 0) is 17.6 Å². The molecule has 1 heterocycles. The van der Waals surface area contributed by atoms with Crippen LogP contribution in [0.5, 0.6) is 5.75 Å². The minimum atomic E-state index is -0.463. The number of methoxy groups -OCH3 is 1. The molecule has 0 saturated heterocycles. The molecule has 0 saturated carbocycles. The number of amides is 1. The number of allylic oxidation sites excluding steroid dienone is 1. The van der Waals surface area contributed by atoms with E-state index in [1.807, 2.05) is 6.92 Å². The lowest BCUT2D eigenvalue weighted by atomic mass is 9.86. The Hall–Kier alpha value is -2.08. The van der Waals surface area contributed by atoms with Crippen LogP contribution in [0.1, 0.15) is 42.5 Å². The number of nitrogens with one attached hydrogen (secondary N) is 2. The van der Waals surface area contributed by atoms with Gasteiger partial charge in [0, 0.05) is 11.3 Å². The van der Waals surface area contributed by atoms with E-state index >= 15 is 0 Å². The summed E-state index contributed by atoms with van der Waals surface area (Å²) in [5.41, 5.74) is 10.3. The van der Waals surface area contributed by atoms with Gasteiger partial charge < -0.3 is 21.1 Å². The summed E-state index contributed by atoms with van der Waals surface area (Å²) in [5.74, 6) is 0.300. The lowest BCUT2D eigenvalue weighted by molar-refractivity contribution is -0.115. The molecular formula is C17H21N3O2S. The summed E-state index contributed by atoms with van der Waals surface area (Å²) < 4.78 is 5.58. The molecule has 1 aromatic rings. The predicted molar refractivity (Wildman–Crippen MR) is 93.1 cm³/mol. The minimum Gasteiger partial charge on any atom is -0.496 e. The van der Waals surface area contributed by atoms with Crippen molar-refractivity contribution in [1.82, 2.24) is 10.6 Å². The van der Waals surface area contributed by atoms with E-state index in [0.29, 0.717) is 16.4 Å². The zero-order valence-corrected chi connectivity index (χ0v) is 14.2. The largest absolute Gasteiger partial charge is 0.496 e. The van der Waals surface area contributed by atoms with E-state index in [1.165, 1.54) is 24.0 Å². The fourth-order valence-corrected chi connectivity index (χ4v) is 3.71. The average molecular weight is 331 g/mol. The number of primary amides is 1. The first kappa shape index (κ1) is 15.8. The summed E-state index contributed by atoms with van der Waals surface area (Å²) in [6.45, 7) is 1.81. The maximum absolute atomic E-state index is 11.9. The number of thiocarbonyl (C=S) groups is 1. The van der Waals surface area contributed by atoms with Crippen molar-refractivity contribution in [2.75, 3.05) is 7.11 Å². The van der Waals surface area contributed by atoms with Gasteiger partial charge in [0.05, 0.1) is 18.7 Å². The molecule has 6 heteroatoms. The number of benzene rings is 1. The first-order valence-electron chi connectivity index (χ1n) is 7.79. The molecule has 0 bridgehead atoms. The van der Waals surface area contributed by atoms with E-state index in [-0.39, 0.29) is 6.04 Å². The number of fused-ring (bicyclic) bond motifs is 1. The third-order valence-electron chi connectivity index (χ3n) is 4.54. The Kier molecular flexibility index (Phi) is 4.26. The topological polar surface area (TPSA) is 76.4 Å². The van der Waals surface area contributed by atoms with E-state index in [0.717, 1.165) is 24.2 Å². The Balaban J connectivity index is 2.14. The van der Waals surface area contributed by atoms with Crippen LogP contribution in [-0.4, -0.2) is 18.1 Å². The number of rotatable bonds is 3. The monoisotopic (exact) mass is 331 g/mol. The lowest BCUT2D eigenvalue weighted by Gasteiger charge is -2.31. The Labute approximate surface area is 141 Å². The highest BCUT2D eigenvalue weighted by molar-refractivity contribution is 7.80. The van der Waals surface area contributed by atoms with Crippen molar-refractivity contribution >= 4 is 23.2 Å². The smallest absolute Gasteiger partial charge is 0.248 e. The van der Waals surface area contributed by atoms with Gasteiger partial charge in [-0.1, -0.05) is 0 Å². The maximum atomic E-state index is 11.9. The second kappa shape index (κ2) is 6.20. The van der Waals surface area contributed by atoms with Crippen molar-refractivity contribution in [2.45, 2.75) is 38.6 Å². The van der Waals surface area contributed by atoms with Gasteiger partial charge in [-0.05, 0) is 68.1 Å². The zero-order valence-electron chi connectivity index (χ0n) is 13.4. The van der Waals surface area contributed by atoms with Crippen molar-refractivity contribution in [3.8, 4) is 5.75 Å². The van der Waals surface area contributed by atoms with Crippen molar-refractivity contribution in [3.63, 3.8) is 0 Å². The van der Waals surface area contributed by atoms with E-state index in [4.69, 9.17) is 22.7 Å². The molecule has 4 N–H and O–H groups in total.